The van der Waals surface area contributed by atoms with Gasteiger partial charge in [-0.25, -0.2) is 0 Å². The molecular weight excluding hydrogens is 266 g/mol. The summed E-state index contributed by atoms with van der Waals surface area (Å²) in [5.74, 6) is 0. The topological polar surface area (TPSA) is 4.44 Å². The van der Waals surface area contributed by atoms with Gasteiger partial charge in [-0.3, -0.25) is 0 Å². The Bertz CT molecular complexity index is 222. The summed E-state index contributed by atoms with van der Waals surface area (Å²) in [5, 5.41) is 0. The molecule has 0 aliphatic heterocycles. The monoisotopic (exact) mass is 310 g/mol. The van der Waals surface area contributed by atoms with Gasteiger partial charge in [-0.2, -0.15) is 0 Å². The summed E-state index contributed by atoms with van der Waals surface area (Å²) < 4.78 is 0. The molecule has 0 saturated carbocycles. The maximum Gasteiger partial charge on any atom is 0.0955 e. The van der Waals surface area contributed by atoms with E-state index in [1.54, 1.807) is 4.90 Å². The molecule has 0 aromatic heterocycles. The van der Waals surface area contributed by atoms with E-state index >= 15 is 0 Å². The first-order chi connectivity index (χ1) is 10.8. The van der Waals surface area contributed by atoms with E-state index in [9.17, 15) is 0 Å². The second-order valence-electron chi connectivity index (χ2n) is 7.06. The van der Waals surface area contributed by atoms with E-state index in [-0.39, 0.29) is 0 Å². The van der Waals surface area contributed by atoms with E-state index in [1.807, 2.05) is 0 Å². The summed E-state index contributed by atoms with van der Waals surface area (Å²) in [7, 11) is 2.34. The highest BCUT2D eigenvalue weighted by Gasteiger charge is 1.98. The molecule has 22 heavy (non-hydrogen) atoms. The molecule has 1 N–H and O–H groups in total. The van der Waals surface area contributed by atoms with E-state index in [2.05, 4.69) is 33.0 Å². The fraction of sp³-hybridized carbons (Fsp3) is 0.905. The van der Waals surface area contributed by atoms with Gasteiger partial charge < -0.3 is 4.90 Å². The molecule has 1 unspecified atom stereocenters. The smallest absolute Gasteiger partial charge is 0.0955 e. The van der Waals surface area contributed by atoms with E-state index in [0.717, 1.165) is 0 Å². The SMILES string of the molecule is CCCCCCC/C=C/C[NH+](C)CCCCCCCCCC. The summed E-state index contributed by atoms with van der Waals surface area (Å²) in [5.41, 5.74) is 0. The van der Waals surface area contributed by atoms with Gasteiger partial charge >= 0.3 is 0 Å². The van der Waals surface area contributed by atoms with E-state index in [4.69, 9.17) is 0 Å². The summed E-state index contributed by atoms with van der Waals surface area (Å²) in [6.45, 7) is 7.13. The van der Waals surface area contributed by atoms with Crippen molar-refractivity contribution in [1.82, 2.24) is 0 Å². The highest BCUT2D eigenvalue weighted by atomic mass is 15.1. The molecule has 0 aromatic rings. The molecule has 0 saturated heterocycles. The van der Waals surface area contributed by atoms with Crippen molar-refractivity contribution >= 4 is 0 Å². The van der Waals surface area contributed by atoms with Crippen LogP contribution in [0.4, 0.5) is 0 Å². The summed E-state index contributed by atoms with van der Waals surface area (Å²) in [6, 6.07) is 0. The maximum absolute atomic E-state index is 2.41. The van der Waals surface area contributed by atoms with Crippen molar-refractivity contribution in [3.8, 4) is 0 Å². The second kappa shape index (κ2) is 18.7. The number of hydrogen-bond donors (Lipinski definition) is 1. The molecule has 0 bridgehead atoms. The lowest BCUT2D eigenvalue weighted by molar-refractivity contribution is -0.873. The molecule has 1 heteroatoms. The lowest BCUT2D eigenvalue weighted by Gasteiger charge is -2.11. The van der Waals surface area contributed by atoms with Gasteiger partial charge in [0, 0.05) is 0 Å². The predicted octanol–water partition coefficient (Wildman–Crippen LogP) is 5.56. The third kappa shape index (κ3) is 17.8. The van der Waals surface area contributed by atoms with Crippen LogP contribution >= 0.6 is 0 Å². The maximum atomic E-state index is 2.41. The fourth-order valence-electron chi connectivity index (χ4n) is 2.93. The van der Waals surface area contributed by atoms with Crippen molar-refractivity contribution in [2.75, 3.05) is 20.1 Å². The van der Waals surface area contributed by atoms with Gasteiger partial charge in [0.1, 0.15) is 0 Å². The lowest BCUT2D eigenvalue weighted by Crippen LogP contribution is -3.08. The number of allylic oxidation sites excluding steroid dienone is 1. The van der Waals surface area contributed by atoms with Gasteiger partial charge in [0.05, 0.1) is 20.1 Å². The quantitative estimate of drug-likeness (QED) is 0.265. The largest absolute Gasteiger partial charge is 0.334 e. The standard InChI is InChI=1S/C21H43N/c1-4-6-8-10-12-14-16-18-20-22(3)21-19-17-15-13-11-9-7-5-2/h16,18H,4-15,17,19-21H2,1-3H3/p+1/b18-16+. The highest BCUT2D eigenvalue weighted by molar-refractivity contribution is 4.80. The van der Waals surface area contributed by atoms with Crippen LogP contribution in [0, 0.1) is 0 Å². The average Bonchev–Trinajstić information content (AvgIpc) is 2.52. The van der Waals surface area contributed by atoms with Gasteiger partial charge in [0.2, 0.25) is 0 Å². The predicted molar refractivity (Wildman–Crippen MR) is 102 cm³/mol. The lowest BCUT2D eigenvalue weighted by atomic mass is 10.1. The number of quaternary nitrogens is 1. The van der Waals surface area contributed by atoms with Gasteiger partial charge in [0.25, 0.3) is 0 Å². The molecule has 132 valence electrons. The van der Waals surface area contributed by atoms with Crippen molar-refractivity contribution in [3.05, 3.63) is 12.2 Å². The van der Waals surface area contributed by atoms with Crippen LogP contribution in [0.2, 0.25) is 0 Å². The first kappa shape index (κ1) is 21.7. The van der Waals surface area contributed by atoms with Gasteiger partial charge in [-0.05, 0) is 31.8 Å². The Labute approximate surface area is 141 Å². The number of likely N-dealkylation sites (N-methyl/N-ethyl adjacent to an activating group) is 1. The number of unbranched alkanes of at least 4 members (excludes halogenated alkanes) is 12. The van der Waals surface area contributed by atoms with Crippen molar-refractivity contribution in [2.24, 2.45) is 0 Å². The van der Waals surface area contributed by atoms with E-state index in [0.29, 0.717) is 0 Å². The number of hydrogen-bond acceptors (Lipinski definition) is 0. The van der Waals surface area contributed by atoms with Crippen LogP contribution in [0.15, 0.2) is 12.2 Å². The van der Waals surface area contributed by atoms with Gasteiger partial charge in [-0.1, -0.05) is 84.1 Å². The molecule has 0 amide bonds. The number of nitrogens with one attached hydrogen (secondary N) is 1. The molecule has 0 radical (unpaired) electrons. The minimum Gasteiger partial charge on any atom is -0.334 e. The Morgan fingerprint density at radius 2 is 1.09 bits per heavy atom. The second-order valence-corrected chi connectivity index (χ2v) is 7.06. The first-order valence-corrected chi connectivity index (χ1v) is 10.3. The molecular formula is C21H44N+. The molecule has 0 aromatic carbocycles. The molecule has 0 aliphatic rings. The van der Waals surface area contributed by atoms with Crippen molar-refractivity contribution in [2.45, 2.75) is 104 Å². The van der Waals surface area contributed by atoms with Crippen LogP contribution in [-0.2, 0) is 0 Å². The molecule has 1 atom stereocenters. The molecule has 0 fully saturated rings. The van der Waals surface area contributed by atoms with Crippen LogP contribution in [0.25, 0.3) is 0 Å². The Balaban J connectivity index is 3.23. The summed E-state index contributed by atoms with van der Waals surface area (Å²) in [6.07, 6.45) is 24.5. The van der Waals surface area contributed by atoms with Crippen LogP contribution in [-0.4, -0.2) is 20.1 Å². The van der Waals surface area contributed by atoms with Gasteiger partial charge in [-0.15, -0.1) is 0 Å². The third-order valence-electron chi connectivity index (χ3n) is 4.56. The molecule has 0 rings (SSSR count). The Morgan fingerprint density at radius 3 is 1.68 bits per heavy atom. The Morgan fingerprint density at radius 1 is 0.591 bits per heavy atom. The summed E-state index contributed by atoms with van der Waals surface area (Å²) >= 11 is 0. The minimum atomic E-state index is 1.21. The zero-order valence-electron chi connectivity index (χ0n) is 16.0. The fourth-order valence-corrected chi connectivity index (χ4v) is 2.93. The van der Waals surface area contributed by atoms with Crippen molar-refractivity contribution in [3.63, 3.8) is 0 Å². The van der Waals surface area contributed by atoms with Crippen LogP contribution in [0.3, 0.4) is 0 Å². The van der Waals surface area contributed by atoms with Crippen LogP contribution in [0.1, 0.15) is 104 Å². The number of rotatable bonds is 17. The third-order valence-corrected chi connectivity index (χ3v) is 4.56. The zero-order chi connectivity index (χ0) is 16.3. The Kier molecular flexibility index (Phi) is 18.5. The molecule has 0 heterocycles. The zero-order valence-corrected chi connectivity index (χ0v) is 16.0. The van der Waals surface area contributed by atoms with E-state index in [1.165, 1.54) is 103 Å². The average molecular weight is 311 g/mol. The van der Waals surface area contributed by atoms with Crippen LogP contribution < -0.4 is 4.90 Å². The van der Waals surface area contributed by atoms with Crippen LogP contribution in [0.5, 0.6) is 0 Å². The highest BCUT2D eigenvalue weighted by Crippen LogP contribution is 2.07. The molecule has 0 spiro atoms. The van der Waals surface area contributed by atoms with Crippen molar-refractivity contribution < 1.29 is 4.90 Å². The Hall–Kier alpha value is -0.300. The molecule has 1 nitrogen and oxygen atoms in total. The van der Waals surface area contributed by atoms with E-state index < -0.39 is 0 Å². The van der Waals surface area contributed by atoms with Gasteiger partial charge in [0.15, 0.2) is 0 Å². The first-order valence-electron chi connectivity index (χ1n) is 10.3. The minimum absolute atomic E-state index is 1.21. The summed E-state index contributed by atoms with van der Waals surface area (Å²) in [4.78, 5) is 1.67. The molecule has 0 aliphatic carbocycles. The normalized spacial score (nSPS) is 13.0. The van der Waals surface area contributed by atoms with Crippen molar-refractivity contribution in [1.29, 1.82) is 0 Å².